The van der Waals surface area contributed by atoms with Crippen LogP contribution in [-0.2, 0) is 0 Å². The highest BCUT2D eigenvalue weighted by atomic mass is 16.2. The van der Waals surface area contributed by atoms with Crippen molar-refractivity contribution in [3.05, 3.63) is 47.3 Å². The molecule has 0 fully saturated rings. The lowest BCUT2D eigenvalue weighted by molar-refractivity contribution is 0.0802. The van der Waals surface area contributed by atoms with Gasteiger partial charge in [-0.25, -0.2) is 4.68 Å². The lowest BCUT2D eigenvalue weighted by Gasteiger charge is -2.14. The van der Waals surface area contributed by atoms with Gasteiger partial charge >= 0.3 is 0 Å². The summed E-state index contributed by atoms with van der Waals surface area (Å²) in [4.78, 5) is 13.7. The second-order valence-electron chi connectivity index (χ2n) is 4.71. The van der Waals surface area contributed by atoms with Gasteiger partial charge in [0.05, 0.1) is 11.4 Å². The fourth-order valence-electron chi connectivity index (χ4n) is 2.00. The van der Waals surface area contributed by atoms with Crippen molar-refractivity contribution in [3.8, 4) is 5.69 Å². The topological polar surface area (TPSA) is 38.1 Å². The van der Waals surface area contributed by atoms with Gasteiger partial charge in [0.1, 0.15) is 0 Å². The van der Waals surface area contributed by atoms with Gasteiger partial charge in [-0.2, -0.15) is 5.10 Å². The van der Waals surface area contributed by atoms with Crippen LogP contribution in [0.3, 0.4) is 0 Å². The second-order valence-corrected chi connectivity index (χ2v) is 4.71. The van der Waals surface area contributed by atoms with Gasteiger partial charge in [0.15, 0.2) is 0 Å². The van der Waals surface area contributed by atoms with Crippen LogP contribution in [0.1, 0.15) is 28.7 Å². The Bertz CT molecular complexity index is 584. The third-order valence-electron chi connectivity index (χ3n) is 3.19. The molecule has 0 N–H and O–H groups in total. The maximum atomic E-state index is 12.0. The van der Waals surface area contributed by atoms with Crippen LogP contribution in [0.5, 0.6) is 0 Å². The van der Waals surface area contributed by atoms with Crippen molar-refractivity contribution in [2.75, 3.05) is 13.6 Å². The molecule has 0 saturated carbocycles. The van der Waals surface area contributed by atoms with Gasteiger partial charge in [0.25, 0.3) is 5.91 Å². The lowest BCUT2D eigenvalue weighted by atomic mass is 10.2. The van der Waals surface area contributed by atoms with Crippen molar-refractivity contribution in [2.45, 2.75) is 20.8 Å². The molecule has 0 bridgehead atoms. The number of aromatic nitrogens is 2. The van der Waals surface area contributed by atoms with Crippen LogP contribution in [0.15, 0.2) is 30.3 Å². The molecule has 1 amide bonds. The largest absolute Gasteiger partial charge is 0.342 e. The summed E-state index contributed by atoms with van der Waals surface area (Å²) < 4.78 is 1.88. The number of nitrogens with zero attached hydrogens (tertiary/aromatic N) is 3. The Morgan fingerprint density at radius 3 is 2.37 bits per heavy atom. The molecule has 0 aliphatic rings. The molecule has 100 valence electrons. The van der Waals surface area contributed by atoms with Gasteiger partial charge in [0.2, 0.25) is 0 Å². The number of benzene rings is 1. The lowest BCUT2D eigenvalue weighted by Crippen LogP contribution is -2.26. The highest BCUT2D eigenvalue weighted by Crippen LogP contribution is 2.13. The van der Waals surface area contributed by atoms with Crippen molar-refractivity contribution in [3.63, 3.8) is 0 Å². The van der Waals surface area contributed by atoms with E-state index in [0.717, 1.165) is 17.1 Å². The number of hydrogen-bond donors (Lipinski definition) is 0. The Morgan fingerprint density at radius 2 is 1.89 bits per heavy atom. The molecule has 2 aromatic rings. The van der Waals surface area contributed by atoms with Crippen molar-refractivity contribution < 1.29 is 4.79 Å². The second kappa shape index (κ2) is 5.26. The van der Waals surface area contributed by atoms with Crippen LogP contribution in [-0.4, -0.2) is 34.2 Å². The zero-order chi connectivity index (χ0) is 14.0. The van der Waals surface area contributed by atoms with Gasteiger partial charge < -0.3 is 4.90 Å². The number of rotatable bonds is 3. The minimum Gasteiger partial charge on any atom is -0.342 e. The predicted molar refractivity (Wildman–Crippen MR) is 75.7 cm³/mol. The molecule has 4 heteroatoms. The first-order chi connectivity index (χ1) is 9.02. The predicted octanol–water partition coefficient (Wildman–Crippen LogP) is 2.58. The molecule has 1 aromatic heterocycles. The van der Waals surface area contributed by atoms with Crippen LogP contribution in [0.4, 0.5) is 0 Å². The number of hydrogen-bond acceptors (Lipinski definition) is 2. The molecule has 0 spiro atoms. The fourth-order valence-corrected chi connectivity index (χ4v) is 2.00. The standard InChI is InChI=1S/C15H19N3O/c1-5-17(4)15(19)13-6-8-14(9-7-13)18-12(3)10-11(2)16-18/h6-10H,5H2,1-4H3. The Balaban J connectivity index is 2.28. The quantitative estimate of drug-likeness (QED) is 0.847. The van der Waals surface area contributed by atoms with E-state index < -0.39 is 0 Å². The number of carbonyl (C=O) groups excluding carboxylic acids is 1. The third-order valence-corrected chi connectivity index (χ3v) is 3.19. The van der Waals surface area contributed by atoms with Crippen LogP contribution in [0.2, 0.25) is 0 Å². The van der Waals surface area contributed by atoms with E-state index >= 15 is 0 Å². The van der Waals surface area contributed by atoms with E-state index in [0.29, 0.717) is 12.1 Å². The molecule has 4 nitrogen and oxygen atoms in total. The summed E-state index contributed by atoms with van der Waals surface area (Å²) in [6, 6.07) is 9.58. The van der Waals surface area contributed by atoms with E-state index in [1.54, 1.807) is 11.9 Å². The van der Waals surface area contributed by atoms with Crippen molar-refractivity contribution >= 4 is 5.91 Å². The molecule has 2 rings (SSSR count). The van der Waals surface area contributed by atoms with Crippen molar-refractivity contribution in [1.82, 2.24) is 14.7 Å². The van der Waals surface area contributed by atoms with Gasteiger partial charge in [-0.15, -0.1) is 0 Å². The molecule has 1 heterocycles. The highest BCUT2D eigenvalue weighted by Gasteiger charge is 2.10. The summed E-state index contributed by atoms with van der Waals surface area (Å²) in [6.45, 7) is 6.65. The molecule has 0 radical (unpaired) electrons. The number of amides is 1. The van der Waals surface area contributed by atoms with E-state index in [2.05, 4.69) is 5.10 Å². The van der Waals surface area contributed by atoms with E-state index in [-0.39, 0.29) is 5.91 Å². The minimum absolute atomic E-state index is 0.0439. The van der Waals surface area contributed by atoms with Gasteiger partial charge in [0, 0.05) is 24.8 Å². The Kier molecular flexibility index (Phi) is 3.69. The molecule has 0 aliphatic heterocycles. The first kappa shape index (κ1) is 13.3. The average Bonchev–Trinajstić information content (AvgIpc) is 2.76. The molecule has 0 saturated heterocycles. The highest BCUT2D eigenvalue weighted by molar-refractivity contribution is 5.94. The monoisotopic (exact) mass is 257 g/mol. The molecule has 0 unspecified atom stereocenters. The summed E-state index contributed by atoms with van der Waals surface area (Å²) in [7, 11) is 1.80. The smallest absolute Gasteiger partial charge is 0.253 e. The number of aryl methyl sites for hydroxylation is 2. The maximum Gasteiger partial charge on any atom is 0.253 e. The molecule has 0 aliphatic carbocycles. The van der Waals surface area contributed by atoms with Gasteiger partial charge in [-0.3, -0.25) is 4.79 Å². The molecule has 0 atom stereocenters. The Morgan fingerprint density at radius 1 is 1.26 bits per heavy atom. The van der Waals surface area contributed by atoms with Crippen LogP contribution in [0.25, 0.3) is 5.69 Å². The van der Waals surface area contributed by atoms with E-state index in [4.69, 9.17) is 0 Å². The summed E-state index contributed by atoms with van der Waals surface area (Å²) >= 11 is 0. The summed E-state index contributed by atoms with van der Waals surface area (Å²) in [5.41, 5.74) is 3.75. The van der Waals surface area contributed by atoms with Crippen LogP contribution >= 0.6 is 0 Å². The van der Waals surface area contributed by atoms with Gasteiger partial charge in [-0.1, -0.05) is 0 Å². The minimum atomic E-state index is 0.0439. The third kappa shape index (κ3) is 2.67. The first-order valence-corrected chi connectivity index (χ1v) is 6.42. The van der Waals surface area contributed by atoms with E-state index in [9.17, 15) is 4.79 Å². The van der Waals surface area contributed by atoms with E-state index in [1.807, 2.05) is 55.8 Å². The summed E-state index contributed by atoms with van der Waals surface area (Å²) in [5, 5.41) is 4.43. The fraction of sp³-hybridized carbons (Fsp3) is 0.333. The maximum absolute atomic E-state index is 12.0. The average molecular weight is 257 g/mol. The van der Waals surface area contributed by atoms with Crippen molar-refractivity contribution in [2.24, 2.45) is 0 Å². The zero-order valence-electron chi connectivity index (χ0n) is 11.8. The summed E-state index contributed by atoms with van der Waals surface area (Å²) in [6.07, 6.45) is 0. The Hall–Kier alpha value is -2.10. The molecular weight excluding hydrogens is 238 g/mol. The zero-order valence-corrected chi connectivity index (χ0v) is 11.8. The van der Waals surface area contributed by atoms with Gasteiger partial charge in [-0.05, 0) is 51.1 Å². The van der Waals surface area contributed by atoms with Crippen molar-refractivity contribution in [1.29, 1.82) is 0 Å². The van der Waals surface area contributed by atoms with E-state index in [1.165, 1.54) is 0 Å². The molecule has 19 heavy (non-hydrogen) atoms. The van der Waals surface area contributed by atoms with Crippen LogP contribution in [0, 0.1) is 13.8 Å². The SMILES string of the molecule is CCN(C)C(=O)c1ccc(-n2nc(C)cc2C)cc1. The number of carbonyl (C=O) groups is 1. The first-order valence-electron chi connectivity index (χ1n) is 6.42. The van der Waals surface area contributed by atoms with Crippen LogP contribution < -0.4 is 0 Å². The normalized spacial score (nSPS) is 10.5. The molecule has 1 aromatic carbocycles. The Labute approximate surface area is 113 Å². The molecular formula is C15H19N3O. The summed E-state index contributed by atoms with van der Waals surface area (Å²) in [5.74, 6) is 0.0439.